The number of hydrogen-bond donors (Lipinski definition) is 1. The van der Waals surface area contributed by atoms with Crippen LogP contribution in [0.15, 0.2) is 16.5 Å². The molecule has 0 spiro atoms. The van der Waals surface area contributed by atoms with E-state index in [-0.39, 0.29) is 12.2 Å². The van der Waals surface area contributed by atoms with Gasteiger partial charge in [0.1, 0.15) is 17.3 Å². The van der Waals surface area contributed by atoms with Crippen molar-refractivity contribution in [2.45, 2.75) is 27.3 Å². The van der Waals surface area contributed by atoms with Gasteiger partial charge in [0.15, 0.2) is 5.82 Å². The first-order valence-corrected chi connectivity index (χ1v) is 5.60. The number of rotatable bonds is 3. The third kappa shape index (κ3) is 2.34. The summed E-state index contributed by atoms with van der Waals surface area (Å²) in [6.07, 6.45) is 0. The van der Waals surface area contributed by atoms with E-state index in [1.54, 1.807) is 13.8 Å². The van der Waals surface area contributed by atoms with E-state index < -0.39 is 11.6 Å². The predicted molar refractivity (Wildman–Crippen MR) is 64.4 cm³/mol. The maximum atomic E-state index is 13.7. The number of aromatic nitrogens is 1. The van der Waals surface area contributed by atoms with Crippen LogP contribution in [0, 0.1) is 32.4 Å². The van der Waals surface area contributed by atoms with Gasteiger partial charge in [-0.05, 0) is 32.4 Å². The SMILES string of the molecule is Cc1ccc(F)c(NCc2nc(C)c(C)o2)c1F. The average Bonchev–Trinajstić information content (AvgIpc) is 2.64. The van der Waals surface area contributed by atoms with Gasteiger partial charge >= 0.3 is 0 Å². The van der Waals surface area contributed by atoms with Gasteiger partial charge in [0.2, 0.25) is 5.89 Å². The summed E-state index contributed by atoms with van der Waals surface area (Å²) in [7, 11) is 0. The third-order valence-corrected chi connectivity index (χ3v) is 2.77. The van der Waals surface area contributed by atoms with Gasteiger partial charge in [0.05, 0.1) is 12.2 Å². The van der Waals surface area contributed by atoms with Crippen LogP contribution in [0.5, 0.6) is 0 Å². The number of oxazole rings is 1. The zero-order valence-electron chi connectivity index (χ0n) is 10.5. The lowest BCUT2D eigenvalue weighted by molar-refractivity contribution is 0.477. The molecular weight excluding hydrogens is 238 g/mol. The second-order valence-corrected chi connectivity index (χ2v) is 4.16. The number of nitrogens with one attached hydrogen (secondary N) is 1. The fourth-order valence-electron chi connectivity index (χ4n) is 1.60. The minimum atomic E-state index is -0.627. The summed E-state index contributed by atoms with van der Waals surface area (Å²) in [4.78, 5) is 4.13. The first-order chi connectivity index (χ1) is 8.49. The molecule has 1 N–H and O–H groups in total. The fraction of sp³-hybridized carbons (Fsp3) is 0.308. The van der Waals surface area contributed by atoms with Crippen molar-refractivity contribution in [2.24, 2.45) is 0 Å². The molecule has 5 heteroatoms. The molecule has 0 aliphatic heterocycles. The van der Waals surface area contributed by atoms with Crippen LogP contribution in [-0.4, -0.2) is 4.98 Å². The molecule has 1 aromatic heterocycles. The van der Waals surface area contributed by atoms with E-state index in [4.69, 9.17) is 4.42 Å². The minimum absolute atomic E-state index is 0.145. The van der Waals surface area contributed by atoms with Crippen molar-refractivity contribution >= 4 is 5.69 Å². The zero-order valence-corrected chi connectivity index (χ0v) is 10.5. The number of anilines is 1. The molecule has 2 aromatic rings. The van der Waals surface area contributed by atoms with Crippen molar-refractivity contribution in [1.82, 2.24) is 4.98 Å². The summed E-state index contributed by atoms with van der Waals surface area (Å²) in [5.74, 6) is -0.101. The Bertz CT molecular complexity index is 559. The molecule has 96 valence electrons. The fourth-order valence-corrected chi connectivity index (χ4v) is 1.60. The van der Waals surface area contributed by atoms with E-state index in [1.807, 2.05) is 6.92 Å². The van der Waals surface area contributed by atoms with Gasteiger partial charge in [0.25, 0.3) is 0 Å². The van der Waals surface area contributed by atoms with Crippen LogP contribution in [0.2, 0.25) is 0 Å². The summed E-state index contributed by atoms with van der Waals surface area (Å²) in [6, 6.07) is 2.63. The predicted octanol–water partition coefficient (Wildman–Crippen LogP) is 3.49. The quantitative estimate of drug-likeness (QED) is 0.908. The summed E-state index contributed by atoms with van der Waals surface area (Å²) in [5.41, 5.74) is 1.01. The molecule has 0 aliphatic rings. The van der Waals surface area contributed by atoms with Gasteiger partial charge in [0, 0.05) is 0 Å². The first-order valence-electron chi connectivity index (χ1n) is 5.60. The van der Waals surface area contributed by atoms with E-state index in [0.29, 0.717) is 17.2 Å². The Morgan fingerprint density at radius 3 is 2.56 bits per heavy atom. The highest BCUT2D eigenvalue weighted by molar-refractivity contribution is 5.48. The van der Waals surface area contributed by atoms with E-state index in [2.05, 4.69) is 10.3 Å². The molecule has 0 bridgehead atoms. The van der Waals surface area contributed by atoms with Crippen molar-refractivity contribution in [3.63, 3.8) is 0 Å². The van der Waals surface area contributed by atoms with Crippen LogP contribution in [0.3, 0.4) is 0 Å². The summed E-state index contributed by atoms with van der Waals surface area (Å²) < 4.78 is 32.5. The average molecular weight is 252 g/mol. The molecule has 0 unspecified atom stereocenters. The Balaban J connectivity index is 2.18. The van der Waals surface area contributed by atoms with Crippen molar-refractivity contribution < 1.29 is 13.2 Å². The Labute approximate surface area is 104 Å². The number of aryl methyl sites for hydroxylation is 3. The topological polar surface area (TPSA) is 38.1 Å². The molecule has 2 rings (SSSR count). The highest BCUT2D eigenvalue weighted by Gasteiger charge is 2.12. The van der Waals surface area contributed by atoms with Crippen molar-refractivity contribution in [2.75, 3.05) is 5.32 Å². The van der Waals surface area contributed by atoms with Crippen LogP contribution in [0.25, 0.3) is 0 Å². The number of nitrogens with zero attached hydrogens (tertiary/aromatic N) is 1. The van der Waals surface area contributed by atoms with Crippen LogP contribution in [-0.2, 0) is 6.54 Å². The monoisotopic (exact) mass is 252 g/mol. The molecule has 0 radical (unpaired) electrons. The maximum Gasteiger partial charge on any atom is 0.213 e. The minimum Gasteiger partial charge on any atom is -0.444 e. The third-order valence-electron chi connectivity index (χ3n) is 2.77. The second-order valence-electron chi connectivity index (χ2n) is 4.16. The highest BCUT2D eigenvalue weighted by atomic mass is 19.1. The Morgan fingerprint density at radius 2 is 1.94 bits per heavy atom. The van der Waals surface area contributed by atoms with Crippen LogP contribution in [0.4, 0.5) is 14.5 Å². The summed E-state index contributed by atoms with van der Waals surface area (Å²) in [5, 5.41) is 2.67. The van der Waals surface area contributed by atoms with Gasteiger partial charge in [-0.1, -0.05) is 6.07 Å². The van der Waals surface area contributed by atoms with Crippen molar-refractivity contribution in [3.8, 4) is 0 Å². The van der Waals surface area contributed by atoms with Gasteiger partial charge < -0.3 is 9.73 Å². The molecule has 18 heavy (non-hydrogen) atoms. The van der Waals surface area contributed by atoms with E-state index >= 15 is 0 Å². The smallest absolute Gasteiger partial charge is 0.213 e. The molecule has 1 aromatic carbocycles. The van der Waals surface area contributed by atoms with Gasteiger partial charge in [-0.15, -0.1) is 0 Å². The second kappa shape index (κ2) is 4.76. The molecule has 0 saturated carbocycles. The maximum absolute atomic E-state index is 13.7. The highest BCUT2D eigenvalue weighted by Crippen LogP contribution is 2.22. The van der Waals surface area contributed by atoms with Gasteiger partial charge in [-0.3, -0.25) is 0 Å². The molecule has 1 heterocycles. The molecule has 3 nitrogen and oxygen atoms in total. The first kappa shape index (κ1) is 12.5. The van der Waals surface area contributed by atoms with Gasteiger partial charge in [-0.25, -0.2) is 13.8 Å². The lowest BCUT2D eigenvalue weighted by Crippen LogP contribution is -2.05. The van der Waals surface area contributed by atoms with Crippen molar-refractivity contribution in [3.05, 3.63) is 46.7 Å². The molecule has 0 saturated heterocycles. The molecule has 0 aliphatic carbocycles. The molecular formula is C13H14F2N2O. The van der Waals surface area contributed by atoms with E-state index in [1.165, 1.54) is 12.1 Å². The number of halogens is 2. The van der Waals surface area contributed by atoms with Gasteiger partial charge in [-0.2, -0.15) is 0 Å². The molecule has 0 atom stereocenters. The standard InChI is InChI=1S/C13H14F2N2O/c1-7-4-5-10(14)13(12(7)15)16-6-11-17-8(2)9(3)18-11/h4-5,16H,6H2,1-3H3. The lowest BCUT2D eigenvalue weighted by atomic mass is 10.2. The lowest BCUT2D eigenvalue weighted by Gasteiger charge is -2.08. The van der Waals surface area contributed by atoms with E-state index in [9.17, 15) is 8.78 Å². The Hall–Kier alpha value is -1.91. The number of benzene rings is 1. The largest absolute Gasteiger partial charge is 0.444 e. The molecule has 0 amide bonds. The van der Waals surface area contributed by atoms with E-state index in [0.717, 1.165) is 5.69 Å². The van der Waals surface area contributed by atoms with Crippen LogP contribution >= 0.6 is 0 Å². The molecule has 0 fully saturated rings. The van der Waals surface area contributed by atoms with Crippen molar-refractivity contribution in [1.29, 1.82) is 0 Å². The normalized spacial score (nSPS) is 10.7. The van der Waals surface area contributed by atoms with Crippen LogP contribution in [0.1, 0.15) is 22.9 Å². The zero-order chi connectivity index (χ0) is 13.3. The number of hydrogen-bond acceptors (Lipinski definition) is 3. The Kier molecular flexibility index (Phi) is 3.32. The Morgan fingerprint density at radius 1 is 1.22 bits per heavy atom. The van der Waals surface area contributed by atoms with Crippen LogP contribution < -0.4 is 5.32 Å². The summed E-state index contributed by atoms with van der Waals surface area (Å²) >= 11 is 0. The summed E-state index contributed by atoms with van der Waals surface area (Å²) in [6.45, 7) is 5.33.